The van der Waals surface area contributed by atoms with Gasteiger partial charge in [-0.25, -0.2) is 5.43 Å². The Labute approximate surface area is 168 Å². The van der Waals surface area contributed by atoms with Crippen molar-refractivity contribution < 1.29 is 4.79 Å². The van der Waals surface area contributed by atoms with Gasteiger partial charge in [0, 0.05) is 5.56 Å². The number of carbonyl (C=O) groups is 1. The van der Waals surface area contributed by atoms with Crippen molar-refractivity contribution >= 4 is 64.0 Å². The quantitative estimate of drug-likeness (QED) is 0.432. The number of nitrogens with zero attached hydrogens (tertiary/aromatic N) is 3. The second-order valence-electron chi connectivity index (χ2n) is 4.69. The minimum atomic E-state index is -0.725. The third-order valence-electron chi connectivity index (χ3n) is 3.00. The van der Waals surface area contributed by atoms with E-state index in [0.717, 1.165) is 0 Å². The number of hydrogen-bond acceptors (Lipinski definition) is 3. The number of guanidine groups is 1. The van der Waals surface area contributed by atoms with Crippen molar-refractivity contribution in [1.29, 1.82) is 5.26 Å². The predicted molar refractivity (Wildman–Crippen MR) is 104 cm³/mol. The SMILES string of the molecule is N#CC(=NNC(N)=NC(=O)c1cccc(Cl)c1Cl)c1cccc(Cl)c1Cl. The second kappa shape index (κ2) is 8.88. The van der Waals surface area contributed by atoms with E-state index >= 15 is 0 Å². The molecule has 0 atom stereocenters. The predicted octanol–water partition coefficient (Wildman–Crippen LogP) is 4.27. The number of nitrogens with two attached hydrogens (primary N) is 1. The summed E-state index contributed by atoms with van der Waals surface area (Å²) in [6.45, 7) is 0. The van der Waals surface area contributed by atoms with Crippen LogP contribution in [0.2, 0.25) is 20.1 Å². The van der Waals surface area contributed by atoms with Crippen molar-refractivity contribution in [3.63, 3.8) is 0 Å². The molecule has 0 heterocycles. The van der Waals surface area contributed by atoms with Gasteiger partial charge < -0.3 is 5.73 Å². The smallest absolute Gasteiger partial charge is 0.281 e. The molecule has 26 heavy (non-hydrogen) atoms. The van der Waals surface area contributed by atoms with E-state index in [1.165, 1.54) is 12.1 Å². The highest BCUT2D eigenvalue weighted by molar-refractivity contribution is 6.45. The lowest BCUT2D eigenvalue weighted by atomic mass is 10.1. The summed E-state index contributed by atoms with van der Waals surface area (Å²) < 4.78 is 0. The van der Waals surface area contributed by atoms with E-state index in [2.05, 4.69) is 15.5 Å². The van der Waals surface area contributed by atoms with Crippen molar-refractivity contribution in [2.75, 3.05) is 0 Å². The fraction of sp³-hybridized carbons (Fsp3) is 0. The molecule has 0 radical (unpaired) electrons. The van der Waals surface area contributed by atoms with Crippen LogP contribution in [-0.4, -0.2) is 17.6 Å². The van der Waals surface area contributed by atoms with Crippen molar-refractivity contribution in [1.82, 2.24) is 5.43 Å². The van der Waals surface area contributed by atoms with Gasteiger partial charge in [0.25, 0.3) is 5.91 Å². The molecule has 2 rings (SSSR count). The van der Waals surface area contributed by atoms with Gasteiger partial charge in [-0.2, -0.15) is 15.4 Å². The van der Waals surface area contributed by atoms with Crippen LogP contribution in [0.1, 0.15) is 15.9 Å². The molecule has 0 aromatic heterocycles. The van der Waals surface area contributed by atoms with Crippen molar-refractivity contribution in [2.24, 2.45) is 15.8 Å². The molecule has 3 N–H and O–H groups in total. The lowest BCUT2D eigenvalue weighted by molar-refractivity contribution is 0.100. The van der Waals surface area contributed by atoms with Crippen LogP contribution in [-0.2, 0) is 0 Å². The molecular formula is C16H9Cl4N5O. The third-order valence-corrected chi connectivity index (χ3v) is 4.64. The molecule has 0 bridgehead atoms. The summed E-state index contributed by atoms with van der Waals surface area (Å²) in [5.74, 6) is -1.08. The van der Waals surface area contributed by atoms with Crippen LogP contribution in [0.4, 0.5) is 0 Å². The monoisotopic (exact) mass is 427 g/mol. The van der Waals surface area contributed by atoms with Crippen LogP contribution in [0.25, 0.3) is 0 Å². The van der Waals surface area contributed by atoms with Crippen molar-refractivity contribution in [3.05, 3.63) is 67.6 Å². The summed E-state index contributed by atoms with van der Waals surface area (Å²) in [5, 5.41) is 13.7. The number of nitriles is 1. The molecule has 0 saturated heterocycles. The van der Waals surface area contributed by atoms with Gasteiger partial charge in [0.05, 0.1) is 25.7 Å². The number of benzene rings is 2. The standard InChI is InChI=1S/C16H9Cl4N5O/c17-10-5-1-3-8(13(10)19)12(7-21)24-25-16(22)23-15(26)9-4-2-6-11(18)14(9)20/h1-6H,(H3,22,23,25,26). The number of hydrazone groups is 1. The summed E-state index contributed by atoms with van der Waals surface area (Å²) in [6, 6.07) is 11.1. The maximum absolute atomic E-state index is 12.1. The Kier molecular flexibility index (Phi) is 6.83. The molecular weight excluding hydrogens is 420 g/mol. The molecule has 1 amide bonds. The Balaban J connectivity index is 2.24. The fourth-order valence-electron chi connectivity index (χ4n) is 1.81. The van der Waals surface area contributed by atoms with Gasteiger partial charge >= 0.3 is 0 Å². The van der Waals surface area contributed by atoms with Crippen LogP contribution < -0.4 is 11.2 Å². The van der Waals surface area contributed by atoms with Gasteiger partial charge in [-0.05, 0) is 18.2 Å². The van der Waals surface area contributed by atoms with Crippen LogP contribution in [0.3, 0.4) is 0 Å². The van der Waals surface area contributed by atoms with E-state index in [9.17, 15) is 10.1 Å². The second-order valence-corrected chi connectivity index (χ2v) is 6.26. The Hall–Kier alpha value is -2.30. The average Bonchev–Trinajstić information content (AvgIpc) is 2.61. The summed E-state index contributed by atoms with van der Waals surface area (Å²) in [4.78, 5) is 15.7. The van der Waals surface area contributed by atoms with E-state index in [1.807, 2.05) is 6.07 Å². The largest absolute Gasteiger partial charge is 0.368 e. The molecule has 6 nitrogen and oxygen atoms in total. The Morgan fingerprint density at radius 2 is 1.54 bits per heavy atom. The Morgan fingerprint density at radius 3 is 2.12 bits per heavy atom. The fourth-order valence-corrected chi connectivity index (χ4v) is 2.58. The third kappa shape index (κ3) is 4.65. The minimum absolute atomic E-state index is 0.0580. The van der Waals surface area contributed by atoms with Gasteiger partial charge in [-0.1, -0.05) is 64.6 Å². The Morgan fingerprint density at radius 1 is 1.00 bits per heavy atom. The number of aliphatic imine (C=N–C) groups is 1. The summed E-state index contributed by atoms with van der Waals surface area (Å²) in [6.07, 6.45) is 0. The molecule has 2 aromatic rings. The van der Waals surface area contributed by atoms with E-state index in [-0.39, 0.29) is 37.3 Å². The van der Waals surface area contributed by atoms with E-state index in [1.54, 1.807) is 24.3 Å². The highest BCUT2D eigenvalue weighted by atomic mass is 35.5. The number of hydrogen-bond donors (Lipinski definition) is 2. The average molecular weight is 429 g/mol. The zero-order chi connectivity index (χ0) is 19.3. The number of rotatable bonds is 3. The van der Waals surface area contributed by atoms with Crippen LogP contribution >= 0.6 is 46.4 Å². The first-order chi connectivity index (χ1) is 12.3. The van der Waals surface area contributed by atoms with E-state index in [0.29, 0.717) is 5.56 Å². The highest BCUT2D eigenvalue weighted by Gasteiger charge is 2.13. The van der Waals surface area contributed by atoms with Crippen LogP contribution in [0, 0.1) is 11.3 Å². The lowest BCUT2D eigenvalue weighted by Gasteiger charge is -2.05. The first kappa shape index (κ1) is 20.0. The molecule has 2 aromatic carbocycles. The molecule has 132 valence electrons. The topological polar surface area (TPSA) is 104 Å². The molecule has 0 spiro atoms. The molecule has 0 fully saturated rings. The summed E-state index contributed by atoms with van der Waals surface area (Å²) >= 11 is 23.8. The highest BCUT2D eigenvalue weighted by Crippen LogP contribution is 2.26. The molecule has 0 aliphatic carbocycles. The summed E-state index contributed by atoms with van der Waals surface area (Å²) in [5.41, 5.74) is 8.20. The number of halogens is 4. The van der Waals surface area contributed by atoms with Crippen molar-refractivity contribution in [3.8, 4) is 6.07 Å². The van der Waals surface area contributed by atoms with Crippen LogP contribution in [0.15, 0.2) is 46.5 Å². The first-order valence-corrected chi connectivity index (χ1v) is 8.37. The molecule has 0 aliphatic rings. The maximum atomic E-state index is 12.1. The molecule has 10 heteroatoms. The number of carbonyl (C=O) groups excluding carboxylic acids is 1. The normalized spacial score (nSPS) is 11.8. The zero-order valence-electron chi connectivity index (χ0n) is 12.8. The van der Waals surface area contributed by atoms with E-state index in [4.69, 9.17) is 52.1 Å². The van der Waals surface area contributed by atoms with Crippen molar-refractivity contribution in [2.45, 2.75) is 0 Å². The van der Waals surface area contributed by atoms with Gasteiger partial charge in [0.15, 0.2) is 5.71 Å². The van der Waals surface area contributed by atoms with Gasteiger partial charge in [0.1, 0.15) is 6.07 Å². The number of nitrogens with one attached hydrogen (secondary N) is 1. The number of amides is 1. The van der Waals surface area contributed by atoms with Gasteiger partial charge in [-0.15, -0.1) is 0 Å². The molecule has 0 unspecified atom stereocenters. The lowest BCUT2D eigenvalue weighted by Crippen LogP contribution is -2.29. The van der Waals surface area contributed by atoms with Gasteiger partial charge in [-0.3, -0.25) is 4.79 Å². The molecule has 0 saturated carbocycles. The molecule has 0 aliphatic heterocycles. The van der Waals surface area contributed by atoms with Gasteiger partial charge in [0.2, 0.25) is 5.96 Å². The maximum Gasteiger partial charge on any atom is 0.281 e. The summed E-state index contributed by atoms with van der Waals surface area (Å²) in [7, 11) is 0. The zero-order valence-corrected chi connectivity index (χ0v) is 15.8. The first-order valence-electron chi connectivity index (χ1n) is 6.85. The van der Waals surface area contributed by atoms with E-state index < -0.39 is 5.91 Å². The Bertz CT molecular complexity index is 966. The van der Waals surface area contributed by atoms with Crippen LogP contribution in [0.5, 0.6) is 0 Å². The minimum Gasteiger partial charge on any atom is -0.368 e.